The number of aliphatic imine (C=N–C) groups is 1. The van der Waals surface area contributed by atoms with Gasteiger partial charge in [-0.25, -0.2) is 9.67 Å². The van der Waals surface area contributed by atoms with Crippen LogP contribution in [0.4, 0.5) is 0 Å². The van der Waals surface area contributed by atoms with E-state index in [0.29, 0.717) is 6.54 Å². The third kappa shape index (κ3) is 6.32. The lowest BCUT2D eigenvalue weighted by Crippen LogP contribution is -2.42. The van der Waals surface area contributed by atoms with Gasteiger partial charge in [-0.3, -0.25) is 4.99 Å². The van der Waals surface area contributed by atoms with E-state index < -0.39 is 0 Å². The summed E-state index contributed by atoms with van der Waals surface area (Å²) in [6.45, 7) is 5.89. The molecule has 7 heteroatoms. The van der Waals surface area contributed by atoms with E-state index in [4.69, 9.17) is 11.6 Å². The fraction of sp³-hybridized carbons (Fsp3) is 0.318. The van der Waals surface area contributed by atoms with E-state index in [1.807, 2.05) is 42.6 Å². The normalized spacial score (nSPS) is 12.1. The molecular weight excluding hydrogens is 384 g/mol. The lowest BCUT2D eigenvalue weighted by atomic mass is 9.86. The van der Waals surface area contributed by atoms with Gasteiger partial charge >= 0.3 is 0 Å². The predicted molar refractivity (Wildman–Crippen MR) is 118 cm³/mol. The molecular formula is C22H27ClN6. The number of rotatable bonds is 7. The van der Waals surface area contributed by atoms with Gasteiger partial charge in [-0.05, 0) is 53.3 Å². The standard InChI is InChI=1S/C22H27ClN6/c1-22(2,14-17-6-4-7-19(23)12-17)16-27-21(24-3)26-15-18-8-10-25-20(13-18)29-11-5-9-28-29/h4-13H,14-16H2,1-3H3,(H2,24,26,27). The Morgan fingerprint density at radius 1 is 1.10 bits per heavy atom. The van der Waals surface area contributed by atoms with Gasteiger partial charge in [0.05, 0.1) is 0 Å². The van der Waals surface area contributed by atoms with Crippen molar-refractivity contribution >= 4 is 17.6 Å². The van der Waals surface area contributed by atoms with Crippen molar-refractivity contribution in [3.63, 3.8) is 0 Å². The molecule has 0 amide bonds. The van der Waals surface area contributed by atoms with Crippen molar-refractivity contribution in [2.24, 2.45) is 10.4 Å². The zero-order chi connectivity index (χ0) is 20.7. The zero-order valence-corrected chi connectivity index (χ0v) is 17.8. The molecule has 0 saturated heterocycles. The van der Waals surface area contributed by atoms with Crippen LogP contribution >= 0.6 is 11.6 Å². The van der Waals surface area contributed by atoms with Crippen LogP contribution in [0.5, 0.6) is 0 Å². The molecule has 0 bridgehead atoms. The van der Waals surface area contributed by atoms with Crippen molar-refractivity contribution in [2.45, 2.75) is 26.8 Å². The largest absolute Gasteiger partial charge is 0.356 e. The van der Waals surface area contributed by atoms with Gasteiger partial charge in [0, 0.05) is 43.8 Å². The van der Waals surface area contributed by atoms with Crippen LogP contribution in [0.25, 0.3) is 5.82 Å². The number of hydrogen-bond acceptors (Lipinski definition) is 3. The second kappa shape index (κ2) is 9.56. The molecule has 0 saturated carbocycles. The maximum atomic E-state index is 6.11. The first kappa shape index (κ1) is 20.9. The van der Waals surface area contributed by atoms with Gasteiger partial charge in [-0.2, -0.15) is 5.10 Å². The van der Waals surface area contributed by atoms with E-state index >= 15 is 0 Å². The Morgan fingerprint density at radius 3 is 2.69 bits per heavy atom. The number of hydrogen-bond donors (Lipinski definition) is 2. The van der Waals surface area contributed by atoms with E-state index in [9.17, 15) is 0 Å². The summed E-state index contributed by atoms with van der Waals surface area (Å²) >= 11 is 6.11. The number of benzene rings is 1. The second-order valence-electron chi connectivity index (χ2n) is 7.72. The molecule has 0 aliphatic rings. The quantitative estimate of drug-likeness (QED) is 0.458. The molecule has 0 aliphatic carbocycles. The van der Waals surface area contributed by atoms with Gasteiger partial charge < -0.3 is 10.6 Å². The Kier molecular flexibility index (Phi) is 6.88. The van der Waals surface area contributed by atoms with Gasteiger partial charge in [0.1, 0.15) is 0 Å². The summed E-state index contributed by atoms with van der Waals surface area (Å²) in [6.07, 6.45) is 6.33. The highest BCUT2D eigenvalue weighted by molar-refractivity contribution is 6.30. The molecule has 0 aliphatic heterocycles. The van der Waals surface area contributed by atoms with Crippen molar-refractivity contribution in [3.8, 4) is 5.82 Å². The minimum absolute atomic E-state index is 0.0478. The van der Waals surface area contributed by atoms with E-state index in [0.717, 1.165) is 35.3 Å². The second-order valence-corrected chi connectivity index (χ2v) is 8.16. The fourth-order valence-electron chi connectivity index (χ4n) is 3.09. The van der Waals surface area contributed by atoms with Crippen LogP contribution in [0.1, 0.15) is 25.0 Å². The van der Waals surface area contributed by atoms with E-state index in [1.54, 1.807) is 24.1 Å². The summed E-state index contributed by atoms with van der Waals surface area (Å²) in [5, 5.41) is 11.8. The smallest absolute Gasteiger partial charge is 0.191 e. The topological polar surface area (TPSA) is 67.1 Å². The summed E-state index contributed by atoms with van der Waals surface area (Å²) in [7, 11) is 1.78. The van der Waals surface area contributed by atoms with Crippen LogP contribution in [0, 0.1) is 5.41 Å². The molecule has 0 radical (unpaired) electrons. The molecule has 0 atom stereocenters. The third-order valence-electron chi connectivity index (χ3n) is 4.54. The van der Waals surface area contributed by atoms with Crippen LogP contribution in [-0.2, 0) is 13.0 Å². The molecule has 1 aromatic carbocycles. The first-order chi connectivity index (χ1) is 13.9. The predicted octanol–water partition coefficient (Wildman–Crippen LogP) is 3.85. The first-order valence-electron chi connectivity index (χ1n) is 9.59. The van der Waals surface area contributed by atoms with Gasteiger partial charge in [0.2, 0.25) is 0 Å². The van der Waals surface area contributed by atoms with Crippen molar-refractivity contribution in [3.05, 3.63) is 77.2 Å². The molecule has 3 rings (SSSR count). The average Bonchev–Trinajstić information content (AvgIpc) is 3.23. The van der Waals surface area contributed by atoms with Crippen LogP contribution in [0.3, 0.4) is 0 Å². The summed E-state index contributed by atoms with van der Waals surface area (Å²) < 4.78 is 1.74. The van der Waals surface area contributed by atoms with Gasteiger partial charge in [-0.1, -0.05) is 37.6 Å². The Hall–Kier alpha value is -2.86. The van der Waals surface area contributed by atoms with Crippen LogP contribution < -0.4 is 10.6 Å². The molecule has 0 spiro atoms. The Morgan fingerprint density at radius 2 is 1.97 bits per heavy atom. The highest BCUT2D eigenvalue weighted by atomic mass is 35.5. The lowest BCUT2D eigenvalue weighted by molar-refractivity contribution is 0.359. The van der Waals surface area contributed by atoms with E-state index in [1.165, 1.54) is 5.56 Å². The highest BCUT2D eigenvalue weighted by Crippen LogP contribution is 2.22. The van der Waals surface area contributed by atoms with Crippen LogP contribution in [0.15, 0.2) is 66.0 Å². The van der Waals surface area contributed by atoms with Crippen LogP contribution in [0.2, 0.25) is 5.02 Å². The molecule has 6 nitrogen and oxygen atoms in total. The van der Waals surface area contributed by atoms with E-state index in [-0.39, 0.29) is 5.41 Å². The first-order valence-corrected chi connectivity index (χ1v) is 9.97. The minimum atomic E-state index is 0.0478. The van der Waals surface area contributed by atoms with Gasteiger partial charge in [0.25, 0.3) is 0 Å². The molecule has 0 unspecified atom stereocenters. The highest BCUT2D eigenvalue weighted by Gasteiger charge is 2.19. The zero-order valence-electron chi connectivity index (χ0n) is 17.1. The van der Waals surface area contributed by atoms with Gasteiger partial charge in [-0.15, -0.1) is 0 Å². The molecule has 3 aromatic rings. The molecule has 2 aromatic heterocycles. The number of aromatic nitrogens is 3. The number of nitrogens with zero attached hydrogens (tertiary/aromatic N) is 4. The maximum absolute atomic E-state index is 6.11. The third-order valence-corrected chi connectivity index (χ3v) is 4.77. The molecule has 152 valence electrons. The molecule has 29 heavy (non-hydrogen) atoms. The Balaban J connectivity index is 1.53. The monoisotopic (exact) mass is 410 g/mol. The number of pyridine rings is 1. The minimum Gasteiger partial charge on any atom is -0.356 e. The van der Waals surface area contributed by atoms with Crippen LogP contribution in [-0.4, -0.2) is 34.3 Å². The summed E-state index contributed by atoms with van der Waals surface area (Å²) in [5.74, 6) is 1.56. The Labute approximate surface area is 177 Å². The average molecular weight is 411 g/mol. The summed E-state index contributed by atoms with van der Waals surface area (Å²) in [5.41, 5.74) is 2.38. The number of nitrogens with one attached hydrogen (secondary N) is 2. The number of halogens is 1. The van der Waals surface area contributed by atoms with E-state index in [2.05, 4.69) is 45.6 Å². The van der Waals surface area contributed by atoms with Crippen molar-refractivity contribution in [1.29, 1.82) is 0 Å². The Bertz CT molecular complexity index is 949. The van der Waals surface area contributed by atoms with Crippen molar-refractivity contribution in [1.82, 2.24) is 25.4 Å². The van der Waals surface area contributed by atoms with Crippen molar-refractivity contribution < 1.29 is 0 Å². The molecule has 2 heterocycles. The number of guanidine groups is 1. The maximum Gasteiger partial charge on any atom is 0.191 e. The van der Waals surface area contributed by atoms with Crippen molar-refractivity contribution in [2.75, 3.05) is 13.6 Å². The van der Waals surface area contributed by atoms with Gasteiger partial charge in [0.15, 0.2) is 11.8 Å². The molecule has 0 fully saturated rings. The lowest BCUT2D eigenvalue weighted by Gasteiger charge is -2.26. The summed E-state index contributed by atoms with van der Waals surface area (Å²) in [6, 6.07) is 13.9. The fourth-order valence-corrected chi connectivity index (χ4v) is 3.30. The molecule has 2 N–H and O–H groups in total. The SMILES string of the molecule is CN=C(NCc1ccnc(-n2cccn2)c1)NCC(C)(C)Cc1cccc(Cl)c1. The summed E-state index contributed by atoms with van der Waals surface area (Å²) in [4.78, 5) is 8.70.